The Hall–Kier alpha value is -2.39. The van der Waals surface area contributed by atoms with Gasteiger partial charge in [0.25, 0.3) is 5.91 Å². The van der Waals surface area contributed by atoms with Gasteiger partial charge >= 0.3 is 0 Å². The van der Waals surface area contributed by atoms with Crippen LogP contribution in [0.1, 0.15) is 73.4 Å². The van der Waals surface area contributed by atoms with Crippen LogP contribution in [-0.4, -0.2) is 48.3 Å². The Morgan fingerprint density at radius 3 is 2.83 bits per heavy atom. The van der Waals surface area contributed by atoms with Gasteiger partial charge in [-0.15, -0.1) is 4.36 Å². The molecule has 2 aliphatic heterocycles. The third-order valence-electron chi connectivity index (χ3n) is 10.0. The van der Waals surface area contributed by atoms with Crippen LogP contribution >= 0.6 is 11.6 Å². The number of fused-ring (bicyclic) bond motifs is 4. The number of hydrogen-bond donors (Lipinski definition) is 1. The maximum absolute atomic E-state index is 13.5. The van der Waals surface area contributed by atoms with Crippen molar-refractivity contribution in [2.75, 3.05) is 31.7 Å². The number of carbonyl (C=O) groups is 1. The van der Waals surface area contributed by atoms with E-state index in [0.29, 0.717) is 43.3 Å². The molecule has 1 saturated carbocycles. The quantitative estimate of drug-likeness (QED) is 0.393. The smallest absolute Gasteiger partial charge is 0.286 e. The van der Waals surface area contributed by atoms with E-state index < -0.39 is 15.8 Å². The number of allylic oxidation sites excluding steroid dienone is 1. The lowest BCUT2D eigenvalue weighted by Gasteiger charge is -2.46. The molecule has 2 aromatic rings. The molecular formula is C33H42ClN3O4S. The van der Waals surface area contributed by atoms with Crippen LogP contribution in [0, 0.1) is 11.8 Å². The maximum atomic E-state index is 13.5. The lowest BCUT2D eigenvalue weighted by Crippen LogP contribution is -2.49. The van der Waals surface area contributed by atoms with Gasteiger partial charge in [-0.3, -0.25) is 4.79 Å². The molecule has 0 radical (unpaired) electrons. The second-order valence-corrected chi connectivity index (χ2v) is 15.0. The van der Waals surface area contributed by atoms with Gasteiger partial charge in [0.05, 0.1) is 23.6 Å². The molecule has 42 heavy (non-hydrogen) atoms. The van der Waals surface area contributed by atoms with Gasteiger partial charge < -0.3 is 14.4 Å². The van der Waals surface area contributed by atoms with Crippen molar-refractivity contribution in [1.29, 1.82) is 0 Å². The van der Waals surface area contributed by atoms with Crippen molar-refractivity contribution in [2.45, 2.75) is 75.1 Å². The number of halogens is 1. The zero-order valence-electron chi connectivity index (χ0n) is 24.6. The number of hydrogen-bond acceptors (Lipinski definition) is 5. The zero-order chi connectivity index (χ0) is 29.5. The van der Waals surface area contributed by atoms with Gasteiger partial charge in [-0.05, 0) is 105 Å². The molecule has 2 aromatic carbocycles. The molecule has 1 spiro atoms. The second kappa shape index (κ2) is 11.9. The van der Waals surface area contributed by atoms with E-state index in [9.17, 15) is 9.00 Å². The molecule has 6 rings (SSSR count). The predicted molar refractivity (Wildman–Crippen MR) is 169 cm³/mol. The number of methoxy groups -OCH3 is 1. The van der Waals surface area contributed by atoms with E-state index >= 15 is 0 Å². The highest BCUT2D eigenvalue weighted by Crippen LogP contribution is 2.47. The third-order valence-corrected chi connectivity index (χ3v) is 12.3. The monoisotopic (exact) mass is 611 g/mol. The van der Waals surface area contributed by atoms with Crippen LogP contribution in [0.15, 0.2) is 52.9 Å². The summed E-state index contributed by atoms with van der Waals surface area (Å²) in [7, 11) is -1.44. The molecule has 226 valence electrons. The van der Waals surface area contributed by atoms with Gasteiger partial charge in [0.15, 0.2) is 0 Å². The molecule has 1 amide bonds. The van der Waals surface area contributed by atoms with E-state index in [-0.39, 0.29) is 16.8 Å². The summed E-state index contributed by atoms with van der Waals surface area (Å²) in [5, 5.41) is 6.64. The zero-order valence-corrected chi connectivity index (χ0v) is 26.2. The molecule has 6 atom stereocenters. The minimum atomic E-state index is -3.22. The molecule has 4 aliphatic rings. The molecule has 1 fully saturated rings. The normalized spacial score (nSPS) is 33.8. The molecule has 2 aliphatic carbocycles. The number of rotatable bonds is 2. The fraction of sp³-hybridized carbons (Fsp3) is 0.545. The summed E-state index contributed by atoms with van der Waals surface area (Å²) in [5.41, 5.74) is 3.66. The highest BCUT2D eigenvalue weighted by atomic mass is 35.5. The van der Waals surface area contributed by atoms with Gasteiger partial charge in [-0.1, -0.05) is 36.7 Å². The van der Waals surface area contributed by atoms with Gasteiger partial charge in [-0.2, -0.15) is 0 Å². The van der Waals surface area contributed by atoms with Crippen molar-refractivity contribution < 1.29 is 18.5 Å². The first-order valence-electron chi connectivity index (χ1n) is 15.3. The molecule has 9 heteroatoms. The summed E-state index contributed by atoms with van der Waals surface area (Å²) in [6.45, 7) is 4.10. The average molecular weight is 612 g/mol. The van der Waals surface area contributed by atoms with Crippen molar-refractivity contribution in [3.8, 4) is 5.75 Å². The number of ether oxygens (including phenoxy) is 2. The summed E-state index contributed by atoms with van der Waals surface area (Å²) in [6.07, 6.45) is 11.5. The van der Waals surface area contributed by atoms with Crippen LogP contribution < -0.4 is 14.8 Å². The fourth-order valence-electron chi connectivity index (χ4n) is 7.56. The molecule has 0 saturated heterocycles. The number of benzene rings is 2. The van der Waals surface area contributed by atoms with E-state index in [0.717, 1.165) is 61.7 Å². The van der Waals surface area contributed by atoms with Crippen molar-refractivity contribution in [3.63, 3.8) is 0 Å². The van der Waals surface area contributed by atoms with Gasteiger partial charge in [-0.25, -0.2) is 9.35 Å². The van der Waals surface area contributed by atoms with E-state index in [4.69, 9.17) is 26.2 Å². The van der Waals surface area contributed by atoms with Gasteiger partial charge in [0.2, 0.25) is 0 Å². The second-order valence-electron chi connectivity index (χ2n) is 12.5. The lowest BCUT2D eigenvalue weighted by molar-refractivity contribution is 0.0132. The summed E-state index contributed by atoms with van der Waals surface area (Å²) in [5.74, 6) is 1.06. The van der Waals surface area contributed by atoms with Gasteiger partial charge in [0, 0.05) is 36.2 Å². The molecule has 2 bridgehead atoms. The first-order valence-corrected chi connectivity index (χ1v) is 17.3. The van der Waals surface area contributed by atoms with Crippen molar-refractivity contribution in [1.82, 2.24) is 0 Å². The van der Waals surface area contributed by atoms with Crippen LogP contribution in [0.25, 0.3) is 0 Å². The summed E-state index contributed by atoms with van der Waals surface area (Å²) in [4.78, 5) is 15.9. The topological polar surface area (TPSA) is 94.2 Å². The highest BCUT2D eigenvalue weighted by molar-refractivity contribution is 7.92. The van der Waals surface area contributed by atoms with Crippen LogP contribution in [0.3, 0.4) is 0 Å². The SMILES string of the molecule is CC[C@@H]1CC/C=C/[C@H](OC)[C@@H]2CC[C@H]2CN2C[C@@]3(CCCc4cc(Cl)ccc43)COc3ccc(cc32)C(=O)N=[S@@]1(N)=O. The number of carbonyl (C=O) groups excluding carboxylic acids is 1. The summed E-state index contributed by atoms with van der Waals surface area (Å²) < 4.78 is 30.2. The highest BCUT2D eigenvalue weighted by Gasteiger charge is 2.44. The Morgan fingerprint density at radius 1 is 1.21 bits per heavy atom. The Morgan fingerprint density at radius 2 is 2.07 bits per heavy atom. The summed E-state index contributed by atoms with van der Waals surface area (Å²) >= 11 is 6.41. The van der Waals surface area contributed by atoms with E-state index in [1.54, 1.807) is 13.2 Å². The standard InChI is InChI=1S/C33H42ClN3O4S/c1-3-26-8-4-5-9-30(40-2)27-13-10-24(27)19-37-20-33(16-6-7-22-17-25(34)12-14-28(22)33)21-41-31-15-11-23(18-29(31)37)32(38)36-42(26,35)39/h5,9,11-12,14-15,17-18,24,26-27,30H,3-4,6-8,10,13,16,19-21H2,1-2H3,(H2,35,36,38,39)/b9-5+/t24-,26+,27+,30-,33-,42+/m0/s1. The van der Waals surface area contributed by atoms with Crippen LogP contribution in [0.4, 0.5) is 5.69 Å². The molecule has 0 aromatic heterocycles. The minimum absolute atomic E-state index is 0.0192. The van der Waals surface area contributed by atoms with E-state index in [2.05, 4.69) is 33.5 Å². The number of amides is 1. The molecule has 0 unspecified atom stereocenters. The van der Waals surface area contributed by atoms with E-state index in [1.165, 1.54) is 11.1 Å². The minimum Gasteiger partial charge on any atom is -0.490 e. The first-order chi connectivity index (χ1) is 20.2. The Kier molecular flexibility index (Phi) is 8.44. The van der Waals surface area contributed by atoms with Crippen LogP contribution in [0.2, 0.25) is 5.02 Å². The largest absolute Gasteiger partial charge is 0.490 e. The number of anilines is 1. The molecular weight excluding hydrogens is 570 g/mol. The lowest BCUT2D eigenvalue weighted by atomic mass is 9.68. The summed E-state index contributed by atoms with van der Waals surface area (Å²) in [6, 6.07) is 11.7. The number of aryl methyl sites for hydroxylation is 1. The van der Waals surface area contributed by atoms with Crippen molar-refractivity contribution in [3.05, 3.63) is 70.3 Å². The maximum Gasteiger partial charge on any atom is 0.286 e. The molecule has 2 heterocycles. The average Bonchev–Trinajstić information content (AvgIpc) is 3.10. The Labute approximate surface area is 255 Å². The molecule has 2 N–H and O–H groups in total. The van der Waals surface area contributed by atoms with Crippen LogP contribution in [0.5, 0.6) is 5.75 Å². The third kappa shape index (κ3) is 5.63. The van der Waals surface area contributed by atoms with Crippen molar-refractivity contribution >= 4 is 33.1 Å². The van der Waals surface area contributed by atoms with Gasteiger partial charge in [0.1, 0.15) is 15.7 Å². The predicted octanol–water partition coefficient (Wildman–Crippen LogP) is 6.46. The molecule has 7 nitrogen and oxygen atoms in total. The van der Waals surface area contributed by atoms with Crippen LogP contribution in [-0.2, 0) is 26.5 Å². The first kappa shape index (κ1) is 29.7. The Bertz CT molecular complexity index is 1500. The van der Waals surface area contributed by atoms with E-state index in [1.807, 2.05) is 25.1 Å². The Balaban J connectivity index is 1.45. The number of nitrogens with two attached hydrogens (primary N) is 1. The fourth-order valence-corrected chi connectivity index (χ4v) is 9.22. The van der Waals surface area contributed by atoms with Crippen molar-refractivity contribution in [2.24, 2.45) is 21.3 Å². The number of nitrogens with zero attached hydrogens (tertiary/aromatic N) is 2.